The molecular formula is C27H30N4O3S. The minimum absolute atomic E-state index is 0.0381. The number of hydrogen-bond acceptors (Lipinski definition) is 6. The lowest BCUT2D eigenvalue weighted by Gasteiger charge is -2.20. The Balaban J connectivity index is 1.32. The zero-order valence-corrected chi connectivity index (χ0v) is 21.5. The maximum absolute atomic E-state index is 12.5. The average molecular weight is 491 g/mol. The molecule has 0 bridgehead atoms. The molecule has 35 heavy (non-hydrogen) atoms. The number of fused-ring (bicyclic) bond motifs is 1. The summed E-state index contributed by atoms with van der Waals surface area (Å²) in [5.41, 5.74) is 2.37. The van der Waals surface area contributed by atoms with Gasteiger partial charge in [0, 0.05) is 5.92 Å². The molecule has 8 heteroatoms. The van der Waals surface area contributed by atoms with E-state index in [0.717, 1.165) is 16.4 Å². The van der Waals surface area contributed by atoms with E-state index >= 15 is 0 Å². The van der Waals surface area contributed by atoms with Gasteiger partial charge in [-0.1, -0.05) is 58.9 Å². The van der Waals surface area contributed by atoms with Crippen LogP contribution in [0.4, 0.5) is 0 Å². The molecule has 0 radical (unpaired) electrons. The van der Waals surface area contributed by atoms with Crippen molar-refractivity contribution in [3.05, 3.63) is 65.2 Å². The largest absolute Gasteiger partial charge is 0.490 e. The zero-order valence-electron chi connectivity index (χ0n) is 20.7. The van der Waals surface area contributed by atoms with Gasteiger partial charge in [-0.2, -0.15) is 15.1 Å². The third-order valence-corrected chi connectivity index (χ3v) is 6.71. The smallest absolute Gasteiger partial charge is 0.283 e. The maximum Gasteiger partial charge on any atom is 0.283 e. The van der Waals surface area contributed by atoms with Gasteiger partial charge < -0.3 is 9.47 Å². The first-order valence-electron chi connectivity index (χ1n) is 11.6. The Bertz CT molecular complexity index is 1210. The third kappa shape index (κ3) is 5.82. The van der Waals surface area contributed by atoms with E-state index in [1.54, 1.807) is 6.08 Å². The second kappa shape index (κ2) is 10.1. The molecule has 4 rings (SSSR count). The van der Waals surface area contributed by atoms with E-state index in [-0.39, 0.29) is 22.7 Å². The Hall–Kier alpha value is -3.39. The number of aliphatic imine (C=N–C) groups is 1. The summed E-state index contributed by atoms with van der Waals surface area (Å²) in [5, 5.41) is 15.6. The van der Waals surface area contributed by atoms with Crippen molar-refractivity contribution >= 4 is 39.8 Å². The average Bonchev–Trinajstić information content (AvgIpc) is 3.25. The highest BCUT2D eigenvalue weighted by Gasteiger charge is 2.36. The van der Waals surface area contributed by atoms with Gasteiger partial charge in [0.15, 0.2) is 5.84 Å². The molecule has 1 N–H and O–H groups in total. The van der Waals surface area contributed by atoms with Gasteiger partial charge in [0.05, 0.1) is 5.57 Å². The molecule has 0 spiro atoms. The topological polar surface area (TPSA) is 87.3 Å². The molecule has 0 atom stereocenters. The molecule has 2 aliphatic heterocycles. The summed E-state index contributed by atoms with van der Waals surface area (Å²) in [6.45, 7) is 11.4. The van der Waals surface area contributed by atoms with Crippen LogP contribution >= 0.6 is 11.8 Å². The van der Waals surface area contributed by atoms with Gasteiger partial charge in [-0.25, -0.2) is 0 Å². The molecule has 182 valence electrons. The fourth-order valence-corrected chi connectivity index (χ4v) is 4.33. The SMILES string of the molecule is CC(C)C1=NN2C(=N)/C(=C/c3ccc(OCCOc4ccc(C(C)(C)C)cc4)cc3)C(=O)N=C2S1. The second-order valence-electron chi connectivity index (χ2n) is 9.65. The number of rotatable bonds is 7. The molecule has 0 saturated carbocycles. The molecule has 0 aromatic heterocycles. The van der Waals surface area contributed by atoms with E-state index in [0.29, 0.717) is 24.1 Å². The molecule has 1 amide bonds. The number of nitrogens with one attached hydrogen (secondary N) is 1. The number of ether oxygens (including phenoxy) is 2. The van der Waals surface area contributed by atoms with Crippen LogP contribution in [0.15, 0.2) is 64.2 Å². The lowest BCUT2D eigenvalue weighted by Crippen LogP contribution is -2.35. The van der Waals surface area contributed by atoms with Crippen LogP contribution in [0.5, 0.6) is 11.5 Å². The van der Waals surface area contributed by atoms with Gasteiger partial charge in [-0.05, 0) is 58.6 Å². The van der Waals surface area contributed by atoms with Gasteiger partial charge in [0.2, 0.25) is 5.17 Å². The number of hydrogen-bond donors (Lipinski definition) is 1. The summed E-state index contributed by atoms with van der Waals surface area (Å²) in [6.07, 6.45) is 1.66. The van der Waals surface area contributed by atoms with Gasteiger partial charge in [0.1, 0.15) is 29.8 Å². The van der Waals surface area contributed by atoms with Crippen LogP contribution in [-0.2, 0) is 10.2 Å². The minimum atomic E-state index is -0.429. The van der Waals surface area contributed by atoms with Crippen LogP contribution in [0.25, 0.3) is 6.08 Å². The van der Waals surface area contributed by atoms with E-state index in [1.807, 2.05) is 50.2 Å². The number of carbonyl (C=O) groups excluding carboxylic acids is 1. The third-order valence-electron chi connectivity index (χ3n) is 5.50. The van der Waals surface area contributed by atoms with Crippen LogP contribution in [0.1, 0.15) is 45.7 Å². The Morgan fingerprint density at radius 3 is 2.11 bits per heavy atom. The Labute approximate surface area is 210 Å². The minimum Gasteiger partial charge on any atom is -0.490 e. The quantitative estimate of drug-likeness (QED) is 0.396. The van der Waals surface area contributed by atoms with Crippen molar-refractivity contribution in [2.75, 3.05) is 13.2 Å². The van der Waals surface area contributed by atoms with E-state index in [2.05, 4.69) is 43.0 Å². The van der Waals surface area contributed by atoms with Crippen LogP contribution in [0.2, 0.25) is 0 Å². The van der Waals surface area contributed by atoms with Crippen LogP contribution in [0, 0.1) is 11.3 Å². The van der Waals surface area contributed by atoms with E-state index in [4.69, 9.17) is 14.9 Å². The summed E-state index contributed by atoms with van der Waals surface area (Å²) in [6, 6.07) is 15.5. The van der Waals surface area contributed by atoms with Crippen molar-refractivity contribution in [1.82, 2.24) is 5.01 Å². The van der Waals surface area contributed by atoms with Crippen molar-refractivity contribution in [2.45, 2.75) is 40.0 Å². The number of amides is 1. The first-order valence-corrected chi connectivity index (χ1v) is 12.4. The summed E-state index contributed by atoms with van der Waals surface area (Å²) in [4.78, 5) is 16.6. The summed E-state index contributed by atoms with van der Waals surface area (Å²) < 4.78 is 11.6. The van der Waals surface area contributed by atoms with E-state index in [9.17, 15) is 4.79 Å². The summed E-state index contributed by atoms with van der Waals surface area (Å²) in [5.74, 6) is 1.33. The molecule has 2 heterocycles. The lowest BCUT2D eigenvalue weighted by atomic mass is 9.87. The lowest BCUT2D eigenvalue weighted by molar-refractivity contribution is -0.114. The summed E-state index contributed by atoms with van der Waals surface area (Å²) in [7, 11) is 0. The maximum atomic E-state index is 12.5. The fourth-order valence-electron chi connectivity index (χ4n) is 3.44. The van der Waals surface area contributed by atoms with E-state index in [1.165, 1.54) is 22.3 Å². The molecule has 0 aliphatic carbocycles. The molecule has 0 saturated heterocycles. The van der Waals surface area contributed by atoms with Crippen molar-refractivity contribution in [2.24, 2.45) is 16.0 Å². The molecule has 0 unspecified atom stereocenters. The standard InChI is InChI=1S/C27H30N4O3S/c1-17(2)25-30-31-23(28)22(24(32)29-26(31)35-25)16-18-6-10-20(11-7-18)33-14-15-34-21-12-8-19(9-13-21)27(3,4)5/h6-13,16-17,28H,14-15H2,1-5H3/b22-16-,28-23?. The number of thioether (sulfide) groups is 1. The van der Waals surface area contributed by atoms with Crippen molar-refractivity contribution < 1.29 is 14.3 Å². The number of amidine groups is 2. The Kier molecular flexibility index (Phi) is 7.12. The van der Waals surface area contributed by atoms with Gasteiger partial charge >= 0.3 is 0 Å². The highest BCUT2D eigenvalue weighted by Crippen LogP contribution is 2.31. The number of hydrazone groups is 1. The second-order valence-corrected chi connectivity index (χ2v) is 10.6. The summed E-state index contributed by atoms with van der Waals surface area (Å²) >= 11 is 1.34. The number of benzene rings is 2. The van der Waals surface area contributed by atoms with Crippen molar-refractivity contribution in [3.63, 3.8) is 0 Å². The van der Waals surface area contributed by atoms with Crippen molar-refractivity contribution in [3.8, 4) is 11.5 Å². The van der Waals surface area contributed by atoms with E-state index < -0.39 is 5.91 Å². The molecule has 2 aromatic carbocycles. The van der Waals surface area contributed by atoms with Crippen molar-refractivity contribution in [1.29, 1.82) is 5.41 Å². The van der Waals surface area contributed by atoms with Crippen LogP contribution < -0.4 is 9.47 Å². The molecule has 2 aliphatic rings. The predicted molar refractivity (Wildman–Crippen MR) is 142 cm³/mol. The highest BCUT2D eigenvalue weighted by molar-refractivity contribution is 8.27. The predicted octanol–water partition coefficient (Wildman–Crippen LogP) is 5.72. The van der Waals surface area contributed by atoms with Gasteiger partial charge in [0.25, 0.3) is 5.91 Å². The first kappa shape index (κ1) is 24.7. The zero-order chi connectivity index (χ0) is 25.2. The molecule has 2 aromatic rings. The first-order chi connectivity index (χ1) is 16.6. The molecule has 7 nitrogen and oxygen atoms in total. The Morgan fingerprint density at radius 1 is 1.00 bits per heavy atom. The van der Waals surface area contributed by atoms with Crippen LogP contribution in [0.3, 0.4) is 0 Å². The molecular weight excluding hydrogens is 460 g/mol. The number of nitrogens with zero attached hydrogens (tertiary/aromatic N) is 3. The normalized spacial score (nSPS) is 17.0. The van der Waals surface area contributed by atoms with Gasteiger partial charge in [-0.3, -0.25) is 10.2 Å². The van der Waals surface area contributed by atoms with Gasteiger partial charge in [-0.15, -0.1) is 0 Å². The number of carbonyl (C=O) groups is 1. The molecule has 0 fully saturated rings. The van der Waals surface area contributed by atoms with Crippen LogP contribution in [-0.4, -0.2) is 40.2 Å². The highest BCUT2D eigenvalue weighted by atomic mass is 32.2. The fraction of sp³-hybridized carbons (Fsp3) is 0.333. The monoisotopic (exact) mass is 490 g/mol. The Morgan fingerprint density at radius 2 is 1.57 bits per heavy atom.